The number of aryl methyl sites for hydroxylation is 1. The van der Waals surface area contributed by atoms with Crippen LogP contribution in [0, 0.1) is 6.92 Å². The van der Waals surface area contributed by atoms with Gasteiger partial charge in [-0.2, -0.15) is 0 Å². The molecule has 1 aromatic heterocycles. The lowest BCUT2D eigenvalue weighted by atomic mass is 10.0. The van der Waals surface area contributed by atoms with E-state index in [9.17, 15) is 14.4 Å². The van der Waals surface area contributed by atoms with Gasteiger partial charge >= 0.3 is 11.9 Å². The van der Waals surface area contributed by atoms with Gasteiger partial charge in [-0.1, -0.05) is 0 Å². The number of hydrogen-bond donors (Lipinski definition) is 4. The highest BCUT2D eigenvalue weighted by Crippen LogP contribution is 2.27. The van der Waals surface area contributed by atoms with E-state index < -0.39 is 36.4 Å². The fourth-order valence-corrected chi connectivity index (χ4v) is 2.79. The summed E-state index contributed by atoms with van der Waals surface area (Å²) in [5.41, 5.74) is 4.30. The molecule has 1 unspecified atom stereocenters. The smallest absolute Gasteiger partial charge is 0.344 e. The Kier molecular flexibility index (Phi) is 5.26. The summed E-state index contributed by atoms with van der Waals surface area (Å²) in [6.45, 7) is 1.79. The minimum absolute atomic E-state index is 0.292. The molecule has 20 heavy (non-hydrogen) atoms. The van der Waals surface area contributed by atoms with Crippen LogP contribution in [-0.2, 0) is 9.59 Å². The average Bonchev–Trinajstić information content (AvgIpc) is 2.67. The number of carboxylic acid groups (broad SMARTS) is 2. The Labute approximate surface area is 126 Å². The van der Waals surface area contributed by atoms with Crippen molar-refractivity contribution in [2.45, 2.75) is 25.4 Å². The van der Waals surface area contributed by atoms with Crippen molar-refractivity contribution in [1.29, 1.82) is 0 Å². The maximum atomic E-state index is 12.0. The van der Waals surface area contributed by atoms with Crippen molar-refractivity contribution < 1.29 is 24.6 Å². The Morgan fingerprint density at radius 2 is 2.05 bits per heavy atom. The van der Waals surface area contributed by atoms with E-state index in [-0.39, 0.29) is 0 Å². The van der Waals surface area contributed by atoms with Crippen LogP contribution in [0.5, 0.6) is 0 Å². The Morgan fingerprint density at radius 1 is 1.45 bits per heavy atom. The summed E-state index contributed by atoms with van der Waals surface area (Å²) < 4.78 is 0.756. The van der Waals surface area contributed by atoms with E-state index in [1.165, 1.54) is 0 Å². The topological polar surface area (TPSA) is 130 Å². The number of carbonyl (C=O) groups excluding carboxylic acids is 1. The van der Waals surface area contributed by atoms with E-state index in [0.29, 0.717) is 4.88 Å². The van der Waals surface area contributed by atoms with Crippen molar-refractivity contribution in [1.82, 2.24) is 5.32 Å². The van der Waals surface area contributed by atoms with Gasteiger partial charge in [-0.3, -0.25) is 15.3 Å². The summed E-state index contributed by atoms with van der Waals surface area (Å²) in [6.07, 6.45) is -0.870. The second-order valence-corrected chi connectivity index (χ2v) is 6.56. The fourth-order valence-electron chi connectivity index (χ4n) is 1.36. The summed E-state index contributed by atoms with van der Waals surface area (Å²) in [4.78, 5) is 33.9. The first kappa shape index (κ1) is 16.6. The molecule has 1 atom stereocenters. The van der Waals surface area contributed by atoms with Crippen molar-refractivity contribution in [3.63, 3.8) is 0 Å². The van der Waals surface area contributed by atoms with Gasteiger partial charge in [0.25, 0.3) is 5.91 Å². The molecule has 1 heterocycles. The van der Waals surface area contributed by atoms with Crippen molar-refractivity contribution in [2.75, 3.05) is 0 Å². The lowest BCUT2D eigenvalue weighted by molar-refractivity contribution is -0.145. The summed E-state index contributed by atoms with van der Waals surface area (Å²) in [7, 11) is 0. The molecule has 0 saturated heterocycles. The molecular formula is C11H13BrN2O5S. The molecule has 110 valence electrons. The summed E-state index contributed by atoms with van der Waals surface area (Å²) >= 11 is 4.40. The molecule has 7 nitrogen and oxygen atoms in total. The van der Waals surface area contributed by atoms with Gasteiger partial charge in [0.15, 0.2) is 5.66 Å². The van der Waals surface area contributed by atoms with Crippen LogP contribution in [0.3, 0.4) is 0 Å². The van der Waals surface area contributed by atoms with Crippen LogP contribution in [0.15, 0.2) is 9.85 Å². The molecule has 1 rings (SSSR count). The third-order valence-electron chi connectivity index (χ3n) is 2.53. The largest absolute Gasteiger partial charge is 0.481 e. The Balaban J connectivity index is 2.87. The molecular weight excluding hydrogens is 352 g/mol. The predicted octanol–water partition coefficient (Wildman–Crippen LogP) is 1.15. The highest BCUT2D eigenvalue weighted by atomic mass is 79.9. The second-order valence-electron chi connectivity index (χ2n) is 4.19. The third kappa shape index (κ3) is 4.02. The normalized spacial score (nSPS) is 13.6. The van der Waals surface area contributed by atoms with Crippen LogP contribution < -0.4 is 11.1 Å². The monoisotopic (exact) mass is 364 g/mol. The Morgan fingerprint density at radius 3 is 2.45 bits per heavy atom. The number of thiophene rings is 1. The van der Waals surface area contributed by atoms with Crippen molar-refractivity contribution >= 4 is 45.1 Å². The van der Waals surface area contributed by atoms with Gasteiger partial charge in [0.1, 0.15) is 0 Å². The van der Waals surface area contributed by atoms with Crippen molar-refractivity contribution in [3.8, 4) is 0 Å². The first-order valence-corrected chi connectivity index (χ1v) is 7.09. The first-order valence-electron chi connectivity index (χ1n) is 5.48. The van der Waals surface area contributed by atoms with Crippen LogP contribution in [0.25, 0.3) is 0 Å². The number of aliphatic carboxylic acids is 2. The molecule has 9 heteroatoms. The summed E-state index contributed by atoms with van der Waals surface area (Å²) in [5.74, 6) is -3.33. The van der Waals surface area contributed by atoms with Crippen molar-refractivity contribution in [2.24, 2.45) is 5.73 Å². The molecule has 0 saturated carbocycles. The SMILES string of the molecule is Cc1cc(C(=O)NC(N)(CCC(=O)O)C(=O)O)sc1Br. The molecule has 0 spiro atoms. The van der Waals surface area contributed by atoms with Crippen LogP contribution >= 0.6 is 27.3 Å². The van der Waals surface area contributed by atoms with Gasteiger partial charge in [-0.05, 0) is 34.5 Å². The molecule has 0 aliphatic rings. The zero-order valence-corrected chi connectivity index (χ0v) is 12.9. The first-order chi connectivity index (χ1) is 9.15. The standard InChI is InChI=1S/C11H13BrN2O5S/c1-5-4-6(20-8(5)12)9(17)14-11(13,10(18)19)3-2-7(15)16/h4H,2-3,13H2,1H3,(H,14,17)(H,15,16)(H,18,19). The number of amides is 1. The quantitative estimate of drug-likeness (QED) is 0.560. The number of nitrogens with two attached hydrogens (primary N) is 1. The molecule has 0 aromatic carbocycles. The van der Waals surface area contributed by atoms with Crippen molar-refractivity contribution in [3.05, 3.63) is 20.3 Å². The van der Waals surface area contributed by atoms with Crippen LogP contribution in [0.2, 0.25) is 0 Å². The van der Waals surface area contributed by atoms with E-state index in [0.717, 1.165) is 20.7 Å². The molecule has 0 bridgehead atoms. The van der Waals surface area contributed by atoms with Gasteiger partial charge in [-0.25, -0.2) is 4.79 Å². The van der Waals surface area contributed by atoms with E-state index in [1.807, 2.05) is 0 Å². The van der Waals surface area contributed by atoms with Crippen LogP contribution in [0.4, 0.5) is 0 Å². The zero-order valence-electron chi connectivity index (χ0n) is 10.5. The molecule has 1 aromatic rings. The minimum Gasteiger partial charge on any atom is -0.481 e. The van der Waals surface area contributed by atoms with Crippen LogP contribution in [-0.4, -0.2) is 33.7 Å². The van der Waals surface area contributed by atoms with Gasteiger partial charge in [0.2, 0.25) is 0 Å². The van der Waals surface area contributed by atoms with Gasteiger partial charge in [0.05, 0.1) is 8.66 Å². The third-order valence-corrected chi connectivity index (χ3v) is 4.67. The number of carbonyl (C=O) groups is 3. The molecule has 0 fully saturated rings. The number of carboxylic acids is 2. The average molecular weight is 365 g/mol. The van der Waals surface area contributed by atoms with E-state index >= 15 is 0 Å². The maximum Gasteiger partial charge on any atom is 0.344 e. The van der Waals surface area contributed by atoms with E-state index in [1.54, 1.807) is 13.0 Å². The minimum atomic E-state index is -2.11. The lowest BCUT2D eigenvalue weighted by Gasteiger charge is -2.25. The number of rotatable bonds is 6. The van der Waals surface area contributed by atoms with Gasteiger partial charge in [0, 0.05) is 12.8 Å². The van der Waals surface area contributed by atoms with Crippen LogP contribution in [0.1, 0.15) is 28.1 Å². The zero-order chi connectivity index (χ0) is 15.5. The lowest BCUT2D eigenvalue weighted by Crippen LogP contribution is -2.61. The van der Waals surface area contributed by atoms with Gasteiger partial charge in [-0.15, -0.1) is 11.3 Å². The number of hydrogen-bond acceptors (Lipinski definition) is 5. The molecule has 1 amide bonds. The molecule has 0 aliphatic heterocycles. The Bertz CT molecular complexity index is 540. The molecule has 5 N–H and O–H groups in total. The Hall–Kier alpha value is -1.45. The highest BCUT2D eigenvalue weighted by Gasteiger charge is 2.36. The summed E-state index contributed by atoms with van der Waals surface area (Å²) in [6, 6.07) is 1.59. The van der Waals surface area contributed by atoms with Gasteiger partial charge < -0.3 is 15.5 Å². The maximum absolute atomic E-state index is 12.0. The fraction of sp³-hybridized carbons (Fsp3) is 0.364. The number of halogens is 1. The highest BCUT2D eigenvalue weighted by molar-refractivity contribution is 9.11. The van der Waals surface area contributed by atoms with E-state index in [2.05, 4.69) is 21.2 Å². The summed E-state index contributed by atoms with van der Waals surface area (Å²) in [5, 5.41) is 19.8. The molecule has 0 aliphatic carbocycles. The molecule has 0 radical (unpaired) electrons. The van der Waals surface area contributed by atoms with E-state index in [4.69, 9.17) is 15.9 Å². The predicted molar refractivity (Wildman–Crippen MR) is 75.6 cm³/mol. The number of nitrogens with one attached hydrogen (secondary N) is 1. The second kappa shape index (κ2) is 6.33.